The summed E-state index contributed by atoms with van der Waals surface area (Å²) in [6, 6.07) is 7.72. The summed E-state index contributed by atoms with van der Waals surface area (Å²) in [4.78, 5) is 12.2. The summed E-state index contributed by atoms with van der Waals surface area (Å²) in [6.45, 7) is 4.37. The van der Waals surface area contributed by atoms with E-state index in [0.717, 1.165) is 29.4 Å². The maximum atomic E-state index is 12.2. The van der Waals surface area contributed by atoms with Gasteiger partial charge in [0.2, 0.25) is 5.91 Å². The van der Waals surface area contributed by atoms with Crippen LogP contribution in [0.3, 0.4) is 0 Å². The van der Waals surface area contributed by atoms with Crippen LogP contribution in [0.4, 0.5) is 5.69 Å². The molecule has 2 rings (SSSR count). The molecule has 0 aliphatic heterocycles. The molecule has 1 aromatic rings. The van der Waals surface area contributed by atoms with Gasteiger partial charge in [-0.15, -0.1) is 0 Å². The molecule has 0 aromatic heterocycles. The third-order valence-corrected chi connectivity index (χ3v) is 4.21. The number of hydrogen-bond donors (Lipinski definition) is 1. The van der Waals surface area contributed by atoms with E-state index in [1.54, 1.807) is 0 Å². The van der Waals surface area contributed by atoms with E-state index in [1.165, 1.54) is 0 Å². The average Bonchev–Trinajstić information content (AvgIpc) is 2.61. The summed E-state index contributed by atoms with van der Waals surface area (Å²) >= 11 is 3.38. The second-order valence-electron chi connectivity index (χ2n) is 5.43. The Bertz CT molecular complexity index is 411. The first-order valence-corrected chi connectivity index (χ1v) is 6.85. The Labute approximate surface area is 111 Å². The average molecular weight is 296 g/mol. The van der Waals surface area contributed by atoms with Crippen molar-refractivity contribution in [3.8, 4) is 0 Å². The van der Waals surface area contributed by atoms with Gasteiger partial charge in [0.05, 0.1) is 0 Å². The molecule has 0 spiro atoms. The molecule has 17 heavy (non-hydrogen) atoms. The number of carbonyl (C=O) groups excluding carboxylic acids is 1. The van der Waals surface area contributed by atoms with E-state index in [-0.39, 0.29) is 17.2 Å². The molecule has 1 aliphatic carbocycles. The number of carbonyl (C=O) groups is 1. The van der Waals surface area contributed by atoms with Crippen molar-refractivity contribution in [3.05, 3.63) is 28.7 Å². The molecule has 1 N–H and O–H groups in total. The number of rotatable bonds is 2. The first-order valence-electron chi connectivity index (χ1n) is 6.05. The second kappa shape index (κ2) is 4.81. The highest BCUT2D eigenvalue weighted by Gasteiger charge is 2.39. The van der Waals surface area contributed by atoms with E-state index in [2.05, 4.69) is 35.1 Å². The quantitative estimate of drug-likeness (QED) is 0.870. The van der Waals surface area contributed by atoms with Gasteiger partial charge >= 0.3 is 0 Å². The van der Waals surface area contributed by atoms with E-state index in [1.807, 2.05) is 24.3 Å². The van der Waals surface area contributed by atoms with Crippen LogP contribution < -0.4 is 5.32 Å². The summed E-state index contributed by atoms with van der Waals surface area (Å²) in [7, 11) is 0. The lowest BCUT2D eigenvalue weighted by molar-refractivity contribution is -0.122. The van der Waals surface area contributed by atoms with Crippen LogP contribution in [0.5, 0.6) is 0 Å². The van der Waals surface area contributed by atoms with Gasteiger partial charge in [-0.05, 0) is 42.5 Å². The number of anilines is 1. The smallest absolute Gasteiger partial charge is 0.228 e. The molecule has 0 heterocycles. The van der Waals surface area contributed by atoms with Gasteiger partial charge in [-0.3, -0.25) is 4.79 Å². The highest BCUT2D eigenvalue weighted by molar-refractivity contribution is 9.10. The van der Waals surface area contributed by atoms with Crippen molar-refractivity contribution in [2.24, 2.45) is 11.3 Å². The number of halogens is 1. The summed E-state index contributed by atoms with van der Waals surface area (Å²) < 4.78 is 1.02. The zero-order valence-corrected chi connectivity index (χ0v) is 11.9. The maximum absolute atomic E-state index is 12.2. The van der Waals surface area contributed by atoms with E-state index in [0.29, 0.717) is 0 Å². The zero-order valence-electron chi connectivity index (χ0n) is 10.3. The minimum atomic E-state index is 0.138. The van der Waals surface area contributed by atoms with E-state index in [4.69, 9.17) is 0 Å². The highest BCUT2D eigenvalue weighted by atomic mass is 79.9. The molecular formula is C14H18BrNO. The fourth-order valence-electron chi connectivity index (χ4n) is 2.58. The van der Waals surface area contributed by atoms with Crippen molar-refractivity contribution in [2.75, 3.05) is 5.32 Å². The summed E-state index contributed by atoms with van der Waals surface area (Å²) in [5.41, 5.74) is 1.01. The standard InChI is InChI=1S/C14H18BrNO/c1-14(2)9-3-4-12(14)13(17)16-11-7-5-10(15)6-8-11/h5-8,12H,3-4,9H2,1-2H3,(H,16,17). The van der Waals surface area contributed by atoms with Gasteiger partial charge in [0.15, 0.2) is 0 Å². The van der Waals surface area contributed by atoms with Gasteiger partial charge in [0.25, 0.3) is 0 Å². The Balaban J connectivity index is 2.04. The fraction of sp³-hybridized carbons (Fsp3) is 0.500. The number of amides is 1. The summed E-state index contributed by atoms with van der Waals surface area (Å²) in [5, 5.41) is 3.01. The maximum Gasteiger partial charge on any atom is 0.228 e. The van der Waals surface area contributed by atoms with Crippen LogP contribution in [0, 0.1) is 11.3 Å². The van der Waals surface area contributed by atoms with Crippen LogP contribution in [0.2, 0.25) is 0 Å². The molecule has 1 saturated carbocycles. The predicted molar refractivity (Wildman–Crippen MR) is 73.9 cm³/mol. The van der Waals surface area contributed by atoms with Crippen LogP contribution in [0.25, 0.3) is 0 Å². The van der Waals surface area contributed by atoms with Crippen LogP contribution >= 0.6 is 15.9 Å². The predicted octanol–water partition coefficient (Wildman–Crippen LogP) is 4.21. The number of benzene rings is 1. The van der Waals surface area contributed by atoms with Crippen LogP contribution in [0.1, 0.15) is 33.1 Å². The van der Waals surface area contributed by atoms with Gasteiger partial charge in [-0.25, -0.2) is 0 Å². The first kappa shape index (κ1) is 12.6. The largest absolute Gasteiger partial charge is 0.326 e. The Kier molecular flexibility index (Phi) is 3.57. The highest BCUT2D eigenvalue weighted by Crippen LogP contribution is 2.43. The van der Waals surface area contributed by atoms with Gasteiger partial charge < -0.3 is 5.32 Å². The van der Waals surface area contributed by atoms with Gasteiger partial charge in [0, 0.05) is 16.1 Å². The van der Waals surface area contributed by atoms with Crippen molar-refractivity contribution in [1.82, 2.24) is 0 Å². The summed E-state index contributed by atoms with van der Waals surface area (Å²) in [6.07, 6.45) is 3.31. The number of nitrogens with one attached hydrogen (secondary N) is 1. The Morgan fingerprint density at radius 2 is 2.00 bits per heavy atom. The number of hydrogen-bond acceptors (Lipinski definition) is 1. The minimum Gasteiger partial charge on any atom is -0.326 e. The molecule has 1 fully saturated rings. The van der Waals surface area contributed by atoms with Crippen LogP contribution in [-0.4, -0.2) is 5.91 Å². The van der Waals surface area contributed by atoms with Crippen molar-refractivity contribution in [3.63, 3.8) is 0 Å². The van der Waals surface area contributed by atoms with E-state index >= 15 is 0 Å². The first-order chi connectivity index (χ1) is 7.99. The van der Waals surface area contributed by atoms with Gasteiger partial charge in [0.1, 0.15) is 0 Å². The molecule has 3 heteroatoms. The normalized spacial score (nSPS) is 22.4. The minimum absolute atomic E-state index is 0.138. The topological polar surface area (TPSA) is 29.1 Å². The lowest BCUT2D eigenvalue weighted by atomic mass is 9.81. The van der Waals surface area contributed by atoms with Crippen molar-refractivity contribution < 1.29 is 4.79 Å². The molecule has 1 aromatic carbocycles. The Hall–Kier alpha value is -0.830. The van der Waals surface area contributed by atoms with Gasteiger partial charge in [-0.1, -0.05) is 36.2 Å². The van der Waals surface area contributed by atoms with E-state index in [9.17, 15) is 4.79 Å². The lowest BCUT2D eigenvalue weighted by Gasteiger charge is -2.25. The summed E-state index contributed by atoms with van der Waals surface area (Å²) in [5.74, 6) is 0.306. The lowest BCUT2D eigenvalue weighted by Crippen LogP contribution is -2.30. The fourth-order valence-corrected chi connectivity index (χ4v) is 2.84. The molecule has 0 saturated heterocycles. The van der Waals surface area contributed by atoms with Crippen LogP contribution in [0.15, 0.2) is 28.7 Å². The Morgan fingerprint density at radius 1 is 1.35 bits per heavy atom. The molecule has 1 unspecified atom stereocenters. The zero-order chi connectivity index (χ0) is 12.5. The molecule has 1 atom stereocenters. The van der Waals surface area contributed by atoms with Crippen molar-refractivity contribution in [2.45, 2.75) is 33.1 Å². The second-order valence-corrected chi connectivity index (χ2v) is 6.35. The van der Waals surface area contributed by atoms with Crippen molar-refractivity contribution >= 4 is 27.5 Å². The molecule has 1 amide bonds. The molecular weight excluding hydrogens is 278 g/mol. The van der Waals surface area contributed by atoms with Crippen LogP contribution in [-0.2, 0) is 4.79 Å². The molecule has 2 nitrogen and oxygen atoms in total. The van der Waals surface area contributed by atoms with E-state index < -0.39 is 0 Å². The third kappa shape index (κ3) is 2.89. The van der Waals surface area contributed by atoms with Crippen molar-refractivity contribution in [1.29, 1.82) is 0 Å². The monoisotopic (exact) mass is 295 g/mol. The van der Waals surface area contributed by atoms with Gasteiger partial charge in [-0.2, -0.15) is 0 Å². The Morgan fingerprint density at radius 3 is 2.53 bits per heavy atom. The SMILES string of the molecule is CC1(C)CCCC1C(=O)Nc1ccc(Br)cc1. The molecule has 0 bridgehead atoms. The third-order valence-electron chi connectivity index (χ3n) is 3.69. The molecule has 0 radical (unpaired) electrons. The molecule has 92 valence electrons. The molecule has 1 aliphatic rings.